The van der Waals surface area contributed by atoms with E-state index in [2.05, 4.69) is 22.0 Å². The maximum Gasteiger partial charge on any atom is 0.276 e. The second-order valence-electron chi connectivity index (χ2n) is 9.97. The third-order valence-corrected chi connectivity index (χ3v) is 6.96. The van der Waals surface area contributed by atoms with Gasteiger partial charge in [-0.25, -0.2) is 19.7 Å². The van der Waals surface area contributed by atoms with E-state index in [1.54, 1.807) is 44.1 Å². The lowest BCUT2D eigenvalue weighted by Gasteiger charge is -2.44. The number of nitrogens with zero attached hydrogens (tertiary/aromatic N) is 4. The molecule has 1 N–H and O–H groups in total. The number of hydrogen-bond acceptors (Lipinski definition) is 7. The molecular weight excluding hydrogens is 501 g/mol. The van der Waals surface area contributed by atoms with Crippen molar-refractivity contribution in [3.8, 4) is 0 Å². The molecule has 10 heteroatoms. The summed E-state index contributed by atoms with van der Waals surface area (Å²) < 4.78 is 18.8. The normalized spacial score (nSPS) is 20.7. The third kappa shape index (κ3) is 8.32. The number of rotatable bonds is 10. The van der Waals surface area contributed by atoms with E-state index in [0.29, 0.717) is 44.2 Å². The average Bonchev–Trinajstić information content (AvgIpc) is 2.96. The number of allylic oxidation sites excluding steroid dienone is 1. The van der Waals surface area contributed by atoms with Gasteiger partial charge in [0, 0.05) is 59.5 Å². The zero-order valence-electron chi connectivity index (χ0n) is 23.4. The van der Waals surface area contributed by atoms with Crippen LogP contribution in [0.1, 0.15) is 38.7 Å². The first-order valence-electron chi connectivity index (χ1n) is 13.3. The third-order valence-electron chi connectivity index (χ3n) is 6.96. The zero-order valence-corrected chi connectivity index (χ0v) is 23.4. The van der Waals surface area contributed by atoms with Crippen molar-refractivity contribution in [3.63, 3.8) is 0 Å². The first kappa shape index (κ1) is 30.2. The van der Waals surface area contributed by atoms with Gasteiger partial charge in [-0.3, -0.25) is 14.5 Å². The quantitative estimate of drug-likeness (QED) is 0.278. The highest BCUT2D eigenvalue weighted by atomic mass is 19.1. The van der Waals surface area contributed by atoms with E-state index in [1.807, 2.05) is 24.0 Å². The number of aliphatic imine (C=N–C) groups is 1. The number of hydroxylamine groups is 1. The Bertz CT molecular complexity index is 1090. The Morgan fingerprint density at radius 1 is 1.21 bits per heavy atom. The highest BCUT2D eigenvalue weighted by molar-refractivity contribution is 6.11. The van der Waals surface area contributed by atoms with Gasteiger partial charge in [-0.2, -0.15) is 0 Å². The fourth-order valence-electron chi connectivity index (χ4n) is 4.50. The number of hydrogen-bond donors (Lipinski definition) is 1. The average molecular weight is 542 g/mol. The summed E-state index contributed by atoms with van der Waals surface area (Å²) in [5, 5.41) is 0. The number of ether oxygens (including phenoxy) is 1. The molecule has 2 heterocycles. The van der Waals surface area contributed by atoms with Crippen LogP contribution in [0.25, 0.3) is 6.08 Å². The van der Waals surface area contributed by atoms with Gasteiger partial charge in [-0.15, -0.1) is 0 Å². The Hall–Kier alpha value is -3.34. The van der Waals surface area contributed by atoms with Gasteiger partial charge < -0.3 is 14.5 Å². The molecule has 2 atom stereocenters. The molecule has 2 amide bonds. The van der Waals surface area contributed by atoms with Crippen LogP contribution in [0.3, 0.4) is 0 Å². The van der Waals surface area contributed by atoms with Gasteiger partial charge in [0.15, 0.2) is 6.29 Å². The van der Waals surface area contributed by atoms with Crippen LogP contribution < -0.4 is 5.48 Å². The molecular formula is C29H40FN5O4. The van der Waals surface area contributed by atoms with E-state index in [9.17, 15) is 14.0 Å². The summed E-state index contributed by atoms with van der Waals surface area (Å²) in [5.74, 6) is -0.224. The summed E-state index contributed by atoms with van der Waals surface area (Å²) in [4.78, 5) is 41.3. The topological polar surface area (TPSA) is 86.7 Å². The summed E-state index contributed by atoms with van der Waals surface area (Å²) in [6, 6.07) is 6.16. The van der Waals surface area contributed by atoms with E-state index in [1.165, 1.54) is 18.3 Å². The lowest BCUT2D eigenvalue weighted by Crippen LogP contribution is -2.60. The molecule has 212 valence electrons. The van der Waals surface area contributed by atoms with E-state index >= 15 is 0 Å². The first-order valence-corrected chi connectivity index (χ1v) is 13.3. The van der Waals surface area contributed by atoms with Crippen molar-refractivity contribution in [1.29, 1.82) is 0 Å². The van der Waals surface area contributed by atoms with Crippen LogP contribution in [0, 0.1) is 5.82 Å². The molecule has 0 aliphatic carbocycles. The van der Waals surface area contributed by atoms with E-state index in [0.717, 1.165) is 24.8 Å². The molecule has 0 saturated carbocycles. The van der Waals surface area contributed by atoms with Gasteiger partial charge in [-0.05, 0) is 44.4 Å². The van der Waals surface area contributed by atoms with Crippen molar-refractivity contribution >= 4 is 24.1 Å². The van der Waals surface area contributed by atoms with Crippen molar-refractivity contribution < 1.29 is 23.6 Å². The van der Waals surface area contributed by atoms with Crippen molar-refractivity contribution in [2.24, 2.45) is 4.99 Å². The zero-order chi connectivity index (χ0) is 28.4. The minimum atomic E-state index is -0.882. The number of piperazine rings is 1. The number of benzene rings is 1. The maximum atomic E-state index is 13.3. The Balaban J connectivity index is 1.58. The molecule has 0 spiro atoms. The van der Waals surface area contributed by atoms with Crippen LogP contribution in [-0.4, -0.2) is 91.4 Å². The van der Waals surface area contributed by atoms with Crippen molar-refractivity contribution in [2.75, 3.05) is 46.9 Å². The minimum absolute atomic E-state index is 0.0456. The standard InChI is InChI=1S/C29H40FN5O4/c1-6-24(27(36)32-39-26-9-7-8-20-38-26)21-31-22(2)34-16-18-35(19-17-34)29(3,28(37)33(4)5)15-14-23-10-12-25(30)13-11-23/h6,10-15,21,26H,2,7-9,16-20H2,1,3-5H3,(H,32,36)/b15-14+,24-6+,31-21-. The predicted octanol–water partition coefficient (Wildman–Crippen LogP) is 3.37. The van der Waals surface area contributed by atoms with Crippen LogP contribution in [0.2, 0.25) is 0 Å². The number of nitrogens with one attached hydrogen (secondary N) is 1. The highest BCUT2D eigenvalue weighted by Crippen LogP contribution is 2.24. The molecule has 2 unspecified atom stereocenters. The summed E-state index contributed by atoms with van der Waals surface area (Å²) in [6.45, 7) is 10.8. The Morgan fingerprint density at radius 2 is 1.90 bits per heavy atom. The van der Waals surface area contributed by atoms with Crippen LogP contribution >= 0.6 is 0 Å². The monoisotopic (exact) mass is 541 g/mol. The number of amides is 2. The Kier molecular flexibility index (Phi) is 11.0. The molecule has 39 heavy (non-hydrogen) atoms. The fourth-order valence-corrected chi connectivity index (χ4v) is 4.50. The highest BCUT2D eigenvalue weighted by Gasteiger charge is 2.39. The smallest absolute Gasteiger partial charge is 0.276 e. The van der Waals surface area contributed by atoms with Gasteiger partial charge in [-0.1, -0.05) is 36.9 Å². The van der Waals surface area contributed by atoms with Crippen molar-refractivity contribution in [1.82, 2.24) is 20.2 Å². The van der Waals surface area contributed by atoms with Crippen LogP contribution in [0.15, 0.2) is 59.4 Å². The van der Waals surface area contributed by atoms with E-state index < -0.39 is 17.7 Å². The molecule has 2 aliphatic heterocycles. The minimum Gasteiger partial charge on any atom is -0.355 e. The summed E-state index contributed by atoms with van der Waals surface area (Å²) in [7, 11) is 3.47. The summed E-state index contributed by atoms with van der Waals surface area (Å²) in [6.07, 6.45) is 9.16. The molecule has 1 aromatic rings. The number of carbonyl (C=O) groups is 2. The van der Waals surface area contributed by atoms with Crippen LogP contribution in [0.4, 0.5) is 4.39 Å². The summed E-state index contributed by atoms with van der Waals surface area (Å²) >= 11 is 0. The molecule has 0 aromatic heterocycles. The van der Waals surface area contributed by atoms with Crippen molar-refractivity contribution in [2.45, 2.75) is 44.9 Å². The van der Waals surface area contributed by atoms with Gasteiger partial charge in [0.05, 0.1) is 5.57 Å². The second-order valence-corrected chi connectivity index (χ2v) is 9.97. The Labute approximate surface area is 230 Å². The fraction of sp³-hybridized carbons (Fsp3) is 0.483. The van der Waals surface area contributed by atoms with Crippen LogP contribution in [0.5, 0.6) is 0 Å². The molecule has 3 rings (SSSR count). The molecule has 2 saturated heterocycles. The van der Waals surface area contributed by atoms with Gasteiger partial charge in [0.1, 0.15) is 17.2 Å². The van der Waals surface area contributed by atoms with E-state index in [-0.39, 0.29) is 11.7 Å². The van der Waals surface area contributed by atoms with Gasteiger partial charge in [0.25, 0.3) is 5.91 Å². The molecule has 0 radical (unpaired) electrons. The molecule has 9 nitrogen and oxygen atoms in total. The van der Waals surface area contributed by atoms with Gasteiger partial charge >= 0.3 is 0 Å². The van der Waals surface area contributed by atoms with Crippen LogP contribution in [-0.2, 0) is 19.2 Å². The lowest BCUT2D eigenvalue weighted by atomic mass is 9.95. The molecule has 1 aromatic carbocycles. The number of halogens is 1. The lowest BCUT2D eigenvalue weighted by molar-refractivity contribution is -0.198. The molecule has 2 fully saturated rings. The first-order chi connectivity index (χ1) is 18.6. The summed E-state index contributed by atoms with van der Waals surface area (Å²) in [5.41, 5.74) is 2.72. The largest absolute Gasteiger partial charge is 0.355 e. The van der Waals surface area contributed by atoms with Gasteiger partial charge in [0.2, 0.25) is 5.91 Å². The number of carbonyl (C=O) groups excluding carboxylic acids is 2. The number of likely N-dealkylation sites (N-methyl/N-ethyl adjacent to an activating group) is 1. The molecule has 2 aliphatic rings. The Morgan fingerprint density at radius 3 is 2.49 bits per heavy atom. The maximum absolute atomic E-state index is 13.3. The SMILES string of the molecule is C=C(/N=C\C(=C/C)C(=O)NOC1CCCCO1)N1CCN(C(C)(/C=C/c2ccc(F)cc2)C(=O)N(C)C)CC1. The van der Waals surface area contributed by atoms with E-state index in [4.69, 9.17) is 9.57 Å². The second kappa shape index (κ2) is 14.2. The van der Waals surface area contributed by atoms with Crippen molar-refractivity contribution in [3.05, 3.63) is 65.8 Å². The molecule has 0 bridgehead atoms. The predicted molar refractivity (Wildman–Crippen MR) is 150 cm³/mol.